The normalized spacial score (nSPS) is 24.6. The van der Waals surface area contributed by atoms with Crippen LogP contribution in [-0.2, 0) is 9.53 Å². The van der Waals surface area contributed by atoms with E-state index in [2.05, 4.69) is 12.2 Å². The summed E-state index contributed by atoms with van der Waals surface area (Å²) in [5.41, 5.74) is 0. The number of nitrogens with one attached hydrogen (secondary N) is 1. The summed E-state index contributed by atoms with van der Waals surface area (Å²) in [6.45, 7) is 6.13. The van der Waals surface area contributed by atoms with Crippen LogP contribution < -0.4 is 5.32 Å². The Balaban J connectivity index is 2.16. The largest absolute Gasteiger partial charge is 0.368 e. The lowest BCUT2D eigenvalue weighted by Gasteiger charge is -2.29. The molecule has 1 fully saturated rings. The fraction of sp³-hybridized carbons (Fsp3) is 0.923. The van der Waals surface area contributed by atoms with Gasteiger partial charge in [0.25, 0.3) is 0 Å². The molecule has 17 heavy (non-hydrogen) atoms. The predicted molar refractivity (Wildman–Crippen MR) is 69.0 cm³/mol. The van der Waals surface area contributed by atoms with E-state index in [0.29, 0.717) is 6.04 Å². The van der Waals surface area contributed by atoms with Crippen molar-refractivity contribution >= 4 is 5.91 Å². The fourth-order valence-corrected chi connectivity index (χ4v) is 2.20. The quantitative estimate of drug-likeness (QED) is 0.765. The van der Waals surface area contributed by atoms with E-state index in [4.69, 9.17) is 4.74 Å². The number of carbonyl (C=O) groups is 1. The molecule has 1 saturated carbocycles. The summed E-state index contributed by atoms with van der Waals surface area (Å²) in [5.74, 6) is 0.0845. The zero-order valence-corrected chi connectivity index (χ0v) is 11.4. The Hall–Kier alpha value is -0.610. The van der Waals surface area contributed by atoms with Crippen LogP contribution in [0.2, 0.25) is 0 Å². The van der Waals surface area contributed by atoms with Crippen molar-refractivity contribution in [2.75, 3.05) is 26.7 Å². The molecule has 1 N–H and O–H groups in total. The van der Waals surface area contributed by atoms with Gasteiger partial charge < -0.3 is 15.0 Å². The van der Waals surface area contributed by atoms with Crippen LogP contribution in [-0.4, -0.2) is 49.7 Å². The average molecular weight is 242 g/mol. The van der Waals surface area contributed by atoms with Crippen molar-refractivity contribution in [3.63, 3.8) is 0 Å². The van der Waals surface area contributed by atoms with Crippen LogP contribution in [0, 0.1) is 0 Å². The molecule has 4 heteroatoms. The Morgan fingerprint density at radius 3 is 2.47 bits per heavy atom. The third-order valence-corrected chi connectivity index (χ3v) is 3.51. The number of hydrogen-bond donors (Lipinski definition) is 1. The Bertz CT molecular complexity index is 225. The number of amides is 1. The van der Waals surface area contributed by atoms with Gasteiger partial charge in [-0.05, 0) is 39.2 Å². The predicted octanol–water partition coefficient (Wildman–Crippen LogP) is 1.40. The number of rotatable bonds is 6. The van der Waals surface area contributed by atoms with Crippen molar-refractivity contribution in [3.8, 4) is 0 Å². The first-order valence-electron chi connectivity index (χ1n) is 6.76. The van der Waals surface area contributed by atoms with Gasteiger partial charge in [-0.2, -0.15) is 0 Å². The topological polar surface area (TPSA) is 41.6 Å². The molecule has 0 aromatic carbocycles. The molecule has 0 bridgehead atoms. The van der Waals surface area contributed by atoms with Crippen molar-refractivity contribution < 1.29 is 9.53 Å². The first kappa shape index (κ1) is 14.5. The van der Waals surface area contributed by atoms with Crippen molar-refractivity contribution in [3.05, 3.63) is 0 Å². The molecule has 1 aliphatic rings. The molecule has 1 amide bonds. The molecule has 0 saturated heterocycles. The van der Waals surface area contributed by atoms with Crippen molar-refractivity contribution in [1.29, 1.82) is 0 Å². The Kier molecular flexibility index (Phi) is 6.52. The van der Waals surface area contributed by atoms with Crippen LogP contribution >= 0.6 is 0 Å². The number of ether oxygens (including phenoxy) is 1. The summed E-state index contributed by atoms with van der Waals surface area (Å²) >= 11 is 0. The first-order chi connectivity index (χ1) is 8.17. The minimum Gasteiger partial charge on any atom is -0.368 e. The minimum absolute atomic E-state index is 0.0845. The van der Waals surface area contributed by atoms with E-state index >= 15 is 0 Å². The molecule has 1 rings (SSSR count). The maximum atomic E-state index is 11.6. The van der Waals surface area contributed by atoms with Crippen molar-refractivity contribution in [2.24, 2.45) is 0 Å². The molecular formula is C13H26N2O2. The highest BCUT2D eigenvalue weighted by Gasteiger charge is 2.21. The van der Waals surface area contributed by atoms with Gasteiger partial charge in [-0.1, -0.05) is 6.92 Å². The molecule has 0 heterocycles. The number of carbonyl (C=O) groups excluding carboxylic acids is 1. The average Bonchev–Trinajstić information content (AvgIpc) is 2.37. The number of nitrogens with zero attached hydrogens (tertiary/aromatic N) is 1. The third-order valence-electron chi connectivity index (χ3n) is 3.51. The first-order valence-corrected chi connectivity index (χ1v) is 6.76. The highest BCUT2D eigenvalue weighted by atomic mass is 16.5. The second kappa shape index (κ2) is 7.67. The summed E-state index contributed by atoms with van der Waals surface area (Å²) in [6.07, 6.45) is 4.74. The number of hydrogen-bond acceptors (Lipinski definition) is 3. The van der Waals surface area contributed by atoms with Crippen LogP contribution in [0.4, 0.5) is 0 Å². The highest BCUT2D eigenvalue weighted by molar-refractivity contribution is 5.77. The van der Waals surface area contributed by atoms with Gasteiger partial charge in [0.05, 0.1) is 6.10 Å². The van der Waals surface area contributed by atoms with Gasteiger partial charge in [0.1, 0.15) is 6.61 Å². The highest BCUT2D eigenvalue weighted by Crippen LogP contribution is 2.21. The smallest absolute Gasteiger partial charge is 0.248 e. The summed E-state index contributed by atoms with van der Waals surface area (Å²) in [7, 11) is 1.81. The van der Waals surface area contributed by atoms with Crippen LogP contribution in [0.5, 0.6) is 0 Å². The van der Waals surface area contributed by atoms with Crippen LogP contribution in [0.25, 0.3) is 0 Å². The standard InChI is InChI=1S/C13H26N2O2/c1-4-14-11-6-8-12(9-7-11)17-10-13(16)15(3)5-2/h11-12,14H,4-10H2,1-3H3. The van der Waals surface area contributed by atoms with E-state index in [1.165, 1.54) is 0 Å². The van der Waals surface area contributed by atoms with Gasteiger partial charge in [-0.15, -0.1) is 0 Å². The van der Waals surface area contributed by atoms with E-state index in [-0.39, 0.29) is 18.6 Å². The lowest BCUT2D eigenvalue weighted by molar-refractivity contribution is -0.137. The molecule has 0 radical (unpaired) electrons. The van der Waals surface area contributed by atoms with E-state index in [1.807, 2.05) is 14.0 Å². The second-order valence-electron chi connectivity index (χ2n) is 4.75. The molecule has 0 aromatic rings. The summed E-state index contributed by atoms with van der Waals surface area (Å²) in [6, 6.07) is 0.647. The van der Waals surface area contributed by atoms with Crippen LogP contribution in [0.15, 0.2) is 0 Å². The summed E-state index contributed by atoms with van der Waals surface area (Å²) in [5, 5.41) is 3.47. The zero-order chi connectivity index (χ0) is 12.7. The molecule has 0 atom stereocenters. The molecule has 4 nitrogen and oxygen atoms in total. The number of likely N-dealkylation sites (N-methyl/N-ethyl adjacent to an activating group) is 1. The molecule has 1 aliphatic carbocycles. The van der Waals surface area contributed by atoms with E-state index in [9.17, 15) is 4.79 Å². The monoisotopic (exact) mass is 242 g/mol. The van der Waals surface area contributed by atoms with E-state index in [0.717, 1.165) is 38.8 Å². The molecular weight excluding hydrogens is 216 g/mol. The third kappa shape index (κ3) is 5.04. The van der Waals surface area contributed by atoms with E-state index in [1.54, 1.807) is 4.90 Å². The maximum absolute atomic E-state index is 11.6. The van der Waals surface area contributed by atoms with Gasteiger partial charge in [0, 0.05) is 19.6 Å². The van der Waals surface area contributed by atoms with Crippen molar-refractivity contribution in [1.82, 2.24) is 10.2 Å². The lowest BCUT2D eigenvalue weighted by atomic mass is 9.93. The van der Waals surface area contributed by atoms with Crippen LogP contribution in [0.1, 0.15) is 39.5 Å². The molecule has 0 unspecified atom stereocenters. The molecule has 0 spiro atoms. The minimum atomic E-state index is 0.0845. The Morgan fingerprint density at radius 2 is 1.94 bits per heavy atom. The summed E-state index contributed by atoms with van der Waals surface area (Å²) in [4.78, 5) is 13.3. The second-order valence-corrected chi connectivity index (χ2v) is 4.75. The van der Waals surface area contributed by atoms with Gasteiger partial charge in [-0.25, -0.2) is 0 Å². The molecule has 0 aliphatic heterocycles. The van der Waals surface area contributed by atoms with Crippen molar-refractivity contribution in [2.45, 2.75) is 51.7 Å². The summed E-state index contributed by atoms with van der Waals surface area (Å²) < 4.78 is 5.68. The van der Waals surface area contributed by atoms with Gasteiger partial charge in [0.2, 0.25) is 5.91 Å². The Morgan fingerprint density at radius 1 is 1.29 bits per heavy atom. The van der Waals surface area contributed by atoms with Gasteiger partial charge in [0.15, 0.2) is 0 Å². The zero-order valence-electron chi connectivity index (χ0n) is 11.4. The van der Waals surface area contributed by atoms with E-state index < -0.39 is 0 Å². The lowest BCUT2D eigenvalue weighted by Crippen LogP contribution is -2.37. The van der Waals surface area contributed by atoms with Gasteiger partial charge >= 0.3 is 0 Å². The van der Waals surface area contributed by atoms with Crippen LogP contribution in [0.3, 0.4) is 0 Å². The fourth-order valence-electron chi connectivity index (χ4n) is 2.20. The SMILES string of the molecule is CCNC1CCC(OCC(=O)N(C)CC)CC1. The maximum Gasteiger partial charge on any atom is 0.248 e. The molecule has 100 valence electrons. The molecule has 0 aromatic heterocycles. The van der Waals surface area contributed by atoms with Gasteiger partial charge in [-0.3, -0.25) is 4.79 Å². The Labute approximate surface area is 105 Å².